The van der Waals surface area contributed by atoms with E-state index in [0.29, 0.717) is 6.42 Å². The molecule has 0 amide bonds. The van der Waals surface area contributed by atoms with Gasteiger partial charge in [0, 0.05) is 13.4 Å². The Labute approximate surface area is 72.1 Å². The van der Waals surface area contributed by atoms with Crippen molar-refractivity contribution >= 4 is 9.84 Å². The van der Waals surface area contributed by atoms with Gasteiger partial charge >= 0.3 is 0 Å². The Morgan fingerprint density at radius 3 is 2.58 bits per heavy atom. The maximum absolute atomic E-state index is 11.0. The summed E-state index contributed by atoms with van der Waals surface area (Å²) in [5.74, 6) is 0. The molecule has 0 saturated heterocycles. The normalized spacial score (nSPS) is 34.2. The highest BCUT2D eigenvalue weighted by Gasteiger charge is 2.60. The van der Waals surface area contributed by atoms with Crippen molar-refractivity contribution in [2.45, 2.75) is 11.7 Å². The third kappa shape index (κ3) is 1.45. The van der Waals surface area contributed by atoms with Crippen LogP contribution in [0, 0.1) is 16.7 Å². The molecule has 0 spiro atoms. The van der Waals surface area contributed by atoms with E-state index < -0.39 is 20.5 Å². The summed E-state index contributed by atoms with van der Waals surface area (Å²) in [4.78, 5) is 0. The van der Waals surface area contributed by atoms with Gasteiger partial charge in [0.2, 0.25) is 0 Å². The largest absolute Gasteiger partial charge is 0.383 e. The molecule has 1 aliphatic rings. The van der Waals surface area contributed by atoms with Crippen LogP contribution in [-0.4, -0.2) is 33.6 Å². The standard InChI is InChI=1S/C7H11NO3S/c1-11-5-7(4-8)3-6(7)12(2,9)10/h6H,3,5H2,1-2H3/t6-,7-/m0/s1. The summed E-state index contributed by atoms with van der Waals surface area (Å²) in [5.41, 5.74) is -0.762. The Hall–Kier alpha value is -0.600. The van der Waals surface area contributed by atoms with Crippen LogP contribution in [0.5, 0.6) is 0 Å². The number of hydrogen-bond donors (Lipinski definition) is 0. The predicted octanol–water partition coefficient (Wildman–Crippen LogP) is -0.0403. The fraction of sp³-hybridized carbons (Fsp3) is 0.857. The molecule has 0 unspecified atom stereocenters. The molecule has 0 radical (unpaired) electrons. The molecule has 1 fully saturated rings. The number of rotatable bonds is 3. The number of nitrogens with zero attached hydrogens (tertiary/aromatic N) is 1. The zero-order valence-corrected chi connectivity index (χ0v) is 7.89. The van der Waals surface area contributed by atoms with Crippen molar-refractivity contribution in [3.8, 4) is 6.07 Å². The van der Waals surface area contributed by atoms with Crippen LogP contribution in [0.15, 0.2) is 0 Å². The van der Waals surface area contributed by atoms with Gasteiger partial charge in [-0.15, -0.1) is 0 Å². The topological polar surface area (TPSA) is 67.2 Å². The Morgan fingerprint density at radius 1 is 1.75 bits per heavy atom. The zero-order chi connectivity index (χ0) is 9.41. The maximum Gasteiger partial charge on any atom is 0.152 e. The average molecular weight is 189 g/mol. The second-order valence-corrected chi connectivity index (χ2v) is 5.45. The summed E-state index contributed by atoms with van der Waals surface area (Å²) < 4.78 is 26.9. The molecule has 0 aromatic carbocycles. The van der Waals surface area contributed by atoms with E-state index in [-0.39, 0.29) is 6.61 Å². The van der Waals surface area contributed by atoms with E-state index in [1.54, 1.807) is 0 Å². The predicted molar refractivity (Wildman–Crippen MR) is 43.2 cm³/mol. The molecule has 4 nitrogen and oxygen atoms in total. The van der Waals surface area contributed by atoms with Crippen LogP contribution in [0.4, 0.5) is 0 Å². The Balaban J connectivity index is 2.76. The number of nitriles is 1. The van der Waals surface area contributed by atoms with E-state index in [2.05, 4.69) is 0 Å². The van der Waals surface area contributed by atoms with E-state index in [0.717, 1.165) is 6.26 Å². The average Bonchev–Trinajstić information content (AvgIpc) is 2.64. The zero-order valence-electron chi connectivity index (χ0n) is 7.07. The first-order valence-corrected chi connectivity index (χ1v) is 5.51. The van der Waals surface area contributed by atoms with Crippen molar-refractivity contribution in [1.29, 1.82) is 5.26 Å². The van der Waals surface area contributed by atoms with Crippen molar-refractivity contribution in [3.63, 3.8) is 0 Å². The van der Waals surface area contributed by atoms with Crippen LogP contribution >= 0.6 is 0 Å². The molecule has 68 valence electrons. The lowest BCUT2D eigenvalue weighted by Crippen LogP contribution is -2.17. The van der Waals surface area contributed by atoms with Gasteiger partial charge in [0.05, 0.1) is 23.3 Å². The first kappa shape index (κ1) is 9.49. The SMILES string of the molecule is COC[C@@]1(C#N)C[C@@H]1S(C)(=O)=O. The molecular weight excluding hydrogens is 178 g/mol. The smallest absolute Gasteiger partial charge is 0.152 e. The quantitative estimate of drug-likeness (QED) is 0.624. The van der Waals surface area contributed by atoms with Crippen LogP contribution in [0.1, 0.15) is 6.42 Å². The van der Waals surface area contributed by atoms with Gasteiger partial charge in [-0.05, 0) is 6.42 Å². The second-order valence-electron chi connectivity index (χ2n) is 3.22. The Bertz CT molecular complexity index is 316. The number of ether oxygens (including phenoxy) is 1. The van der Waals surface area contributed by atoms with Crippen LogP contribution in [-0.2, 0) is 14.6 Å². The molecule has 0 bridgehead atoms. The van der Waals surface area contributed by atoms with Crippen molar-refractivity contribution < 1.29 is 13.2 Å². The highest BCUT2D eigenvalue weighted by molar-refractivity contribution is 7.91. The van der Waals surface area contributed by atoms with E-state index >= 15 is 0 Å². The second kappa shape index (κ2) is 2.71. The summed E-state index contributed by atoms with van der Waals surface area (Å²) >= 11 is 0. The van der Waals surface area contributed by atoms with Crippen molar-refractivity contribution in [1.82, 2.24) is 0 Å². The summed E-state index contributed by atoms with van der Waals surface area (Å²) in [6.07, 6.45) is 1.57. The molecule has 1 rings (SSSR count). The van der Waals surface area contributed by atoms with Gasteiger partial charge in [-0.25, -0.2) is 8.42 Å². The van der Waals surface area contributed by atoms with Crippen molar-refractivity contribution in [2.24, 2.45) is 5.41 Å². The molecule has 0 aromatic rings. The fourth-order valence-corrected chi connectivity index (χ4v) is 2.93. The number of sulfone groups is 1. The summed E-state index contributed by atoms with van der Waals surface area (Å²) in [5, 5.41) is 8.21. The van der Waals surface area contributed by atoms with Gasteiger partial charge in [0.1, 0.15) is 0 Å². The van der Waals surface area contributed by atoms with Crippen molar-refractivity contribution in [3.05, 3.63) is 0 Å². The highest BCUT2D eigenvalue weighted by Crippen LogP contribution is 2.49. The third-order valence-electron chi connectivity index (χ3n) is 2.15. The van der Waals surface area contributed by atoms with Crippen molar-refractivity contribution in [2.75, 3.05) is 20.0 Å². The van der Waals surface area contributed by atoms with Gasteiger partial charge in [-0.1, -0.05) is 0 Å². The lowest BCUT2D eigenvalue weighted by Gasteiger charge is -2.04. The molecule has 0 N–H and O–H groups in total. The minimum absolute atomic E-state index is 0.210. The molecule has 1 saturated carbocycles. The minimum atomic E-state index is -3.07. The molecular formula is C7H11NO3S. The van der Waals surface area contributed by atoms with Gasteiger partial charge in [-0.2, -0.15) is 5.26 Å². The first-order valence-electron chi connectivity index (χ1n) is 3.55. The maximum atomic E-state index is 11.0. The van der Waals surface area contributed by atoms with E-state index in [1.165, 1.54) is 7.11 Å². The van der Waals surface area contributed by atoms with Crippen LogP contribution in [0.25, 0.3) is 0 Å². The van der Waals surface area contributed by atoms with Gasteiger partial charge in [0.25, 0.3) is 0 Å². The lowest BCUT2D eigenvalue weighted by atomic mass is 10.1. The number of methoxy groups -OCH3 is 1. The molecule has 0 aromatic heterocycles. The van der Waals surface area contributed by atoms with Crippen LogP contribution in [0.2, 0.25) is 0 Å². The first-order chi connectivity index (χ1) is 5.46. The summed E-state index contributed by atoms with van der Waals surface area (Å²) in [7, 11) is -1.61. The van der Waals surface area contributed by atoms with Crippen LogP contribution in [0.3, 0.4) is 0 Å². The monoisotopic (exact) mass is 189 g/mol. The number of hydrogen-bond acceptors (Lipinski definition) is 4. The lowest BCUT2D eigenvalue weighted by molar-refractivity contribution is 0.164. The van der Waals surface area contributed by atoms with Crippen LogP contribution < -0.4 is 0 Å². The molecule has 2 atom stereocenters. The third-order valence-corrected chi connectivity index (χ3v) is 3.80. The van der Waals surface area contributed by atoms with E-state index in [1.807, 2.05) is 6.07 Å². The molecule has 5 heteroatoms. The molecule has 0 heterocycles. The Kier molecular flexibility index (Phi) is 2.15. The molecule has 1 aliphatic carbocycles. The van der Waals surface area contributed by atoms with E-state index in [4.69, 9.17) is 10.00 Å². The summed E-state index contributed by atoms with van der Waals surface area (Å²) in [6, 6.07) is 2.01. The van der Waals surface area contributed by atoms with E-state index in [9.17, 15) is 8.42 Å². The Morgan fingerprint density at radius 2 is 2.33 bits per heavy atom. The van der Waals surface area contributed by atoms with Gasteiger partial charge < -0.3 is 4.74 Å². The minimum Gasteiger partial charge on any atom is -0.383 e. The van der Waals surface area contributed by atoms with Gasteiger partial charge in [0.15, 0.2) is 9.84 Å². The fourth-order valence-electron chi connectivity index (χ4n) is 1.39. The van der Waals surface area contributed by atoms with Gasteiger partial charge in [-0.3, -0.25) is 0 Å². The molecule has 12 heavy (non-hydrogen) atoms. The summed E-state index contributed by atoms with van der Waals surface area (Å²) in [6.45, 7) is 0.210. The molecule has 0 aliphatic heterocycles. The highest BCUT2D eigenvalue weighted by atomic mass is 32.2.